The molecule has 0 N–H and O–H groups in total. The number of rotatable bonds is 10. The van der Waals surface area contributed by atoms with Crippen molar-refractivity contribution in [3.05, 3.63) is 102 Å². The van der Waals surface area contributed by atoms with Gasteiger partial charge in [-0.15, -0.1) is 0 Å². The maximum Gasteiger partial charge on any atom is 0.338 e. The molecule has 1 atom stereocenters. The lowest BCUT2D eigenvalue weighted by Crippen LogP contribution is -2.31. The van der Waals surface area contributed by atoms with Crippen molar-refractivity contribution in [3.63, 3.8) is 0 Å². The fourth-order valence-corrected chi connectivity index (χ4v) is 4.03. The maximum absolute atomic E-state index is 12.7. The fraction of sp³-hybridized carbons (Fsp3) is 0.300. The first kappa shape index (κ1) is 25.9. The molecule has 0 radical (unpaired) electrons. The number of carbonyl (C=O) groups excluding carboxylic acids is 3. The molecule has 1 aliphatic carbocycles. The van der Waals surface area contributed by atoms with Gasteiger partial charge < -0.3 is 18.9 Å². The van der Waals surface area contributed by atoms with Gasteiger partial charge in [0.05, 0.1) is 22.8 Å². The van der Waals surface area contributed by atoms with E-state index >= 15 is 0 Å². The number of carbonyl (C=O) groups is 3. The van der Waals surface area contributed by atoms with Gasteiger partial charge in [0.1, 0.15) is 19.0 Å². The summed E-state index contributed by atoms with van der Waals surface area (Å²) in [5.74, 6) is -1.05. The number of hydrogen-bond donors (Lipinski definition) is 0. The monoisotopic (exact) mass is 502 g/mol. The molecule has 3 aromatic rings. The topological polar surface area (TPSA) is 88.1 Å². The molecule has 0 saturated heterocycles. The highest BCUT2D eigenvalue weighted by Crippen LogP contribution is 2.23. The molecular weight excluding hydrogens is 472 g/mol. The maximum atomic E-state index is 12.7. The van der Waals surface area contributed by atoms with E-state index in [1.165, 1.54) is 19.3 Å². The minimum Gasteiger partial charge on any atom is -0.490 e. The molecule has 3 aromatic carbocycles. The van der Waals surface area contributed by atoms with Crippen molar-refractivity contribution in [2.75, 3.05) is 13.2 Å². The predicted octanol–water partition coefficient (Wildman–Crippen LogP) is 5.64. The molecule has 37 heavy (non-hydrogen) atoms. The average molecular weight is 503 g/mol. The number of ether oxygens (including phenoxy) is 4. The quantitative estimate of drug-likeness (QED) is 0.262. The Morgan fingerprint density at radius 3 is 1.65 bits per heavy atom. The molecule has 1 unspecified atom stereocenters. The first-order valence-electron chi connectivity index (χ1n) is 12.5. The zero-order valence-electron chi connectivity index (χ0n) is 20.5. The molecular formula is C30H30O7. The highest BCUT2D eigenvalue weighted by atomic mass is 16.6. The Labute approximate surface area is 216 Å². The smallest absolute Gasteiger partial charge is 0.338 e. The lowest BCUT2D eigenvalue weighted by molar-refractivity contribution is -0.0253. The van der Waals surface area contributed by atoms with Gasteiger partial charge in [0.2, 0.25) is 0 Å². The van der Waals surface area contributed by atoms with E-state index in [1.54, 1.807) is 84.9 Å². The van der Waals surface area contributed by atoms with Crippen molar-refractivity contribution in [2.24, 2.45) is 0 Å². The van der Waals surface area contributed by atoms with Gasteiger partial charge in [-0.05, 0) is 74.2 Å². The summed E-state index contributed by atoms with van der Waals surface area (Å²) in [6.07, 6.45) is 4.90. The lowest BCUT2D eigenvalue weighted by Gasteiger charge is -2.23. The van der Waals surface area contributed by atoms with Crippen molar-refractivity contribution in [2.45, 2.75) is 44.3 Å². The van der Waals surface area contributed by atoms with Crippen LogP contribution in [-0.4, -0.2) is 43.3 Å². The second-order valence-corrected chi connectivity index (χ2v) is 8.86. The molecule has 0 spiro atoms. The summed E-state index contributed by atoms with van der Waals surface area (Å²) in [4.78, 5) is 37.6. The summed E-state index contributed by atoms with van der Waals surface area (Å²) in [6.45, 7) is -0.548. The summed E-state index contributed by atoms with van der Waals surface area (Å²) >= 11 is 0. The normalized spacial score (nSPS) is 14.3. The largest absolute Gasteiger partial charge is 0.490 e. The van der Waals surface area contributed by atoms with Crippen LogP contribution in [0.2, 0.25) is 0 Å². The zero-order valence-corrected chi connectivity index (χ0v) is 20.5. The van der Waals surface area contributed by atoms with Crippen LogP contribution in [-0.2, 0) is 14.2 Å². The molecule has 1 saturated carbocycles. The van der Waals surface area contributed by atoms with Crippen LogP contribution in [0.1, 0.15) is 63.2 Å². The van der Waals surface area contributed by atoms with E-state index in [0.29, 0.717) is 22.4 Å². The van der Waals surface area contributed by atoms with E-state index in [2.05, 4.69) is 0 Å². The van der Waals surface area contributed by atoms with Crippen LogP contribution in [0.25, 0.3) is 0 Å². The van der Waals surface area contributed by atoms with E-state index in [9.17, 15) is 14.4 Å². The summed E-state index contributed by atoms with van der Waals surface area (Å²) in [5.41, 5.74) is 1.04. The van der Waals surface area contributed by atoms with E-state index in [1.807, 2.05) is 0 Å². The molecule has 7 heteroatoms. The lowest BCUT2D eigenvalue weighted by atomic mass is 9.98. The SMILES string of the molecule is O=C(OCC(COC(=O)c1ccc(OC2CCCCC2)cc1)OC(=O)c1ccccc1)c1ccccc1. The second kappa shape index (κ2) is 13.3. The molecule has 0 amide bonds. The molecule has 4 rings (SSSR count). The Kier molecular flexibility index (Phi) is 9.29. The zero-order chi connectivity index (χ0) is 25.9. The third kappa shape index (κ3) is 7.93. The van der Waals surface area contributed by atoms with Crippen LogP contribution in [0.3, 0.4) is 0 Å². The van der Waals surface area contributed by atoms with Crippen molar-refractivity contribution in [1.29, 1.82) is 0 Å². The van der Waals surface area contributed by atoms with Crippen LogP contribution in [0.5, 0.6) is 5.75 Å². The second-order valence-electron chi connectivity index (χ2n) is 8.86. The average Bonchev–Trinajstić information content (AvgIpc) is 2.96. The van der Waals surface area contributed by atoms with Gasteiger partial charge in [0.25, 0.3) is 0 Å². The summed E-state index contributed by atoms with van der Waals surface area (Å²) in [6, 6.07) is 23.7. The Hall–Kier alpha value is -4.13. The predicted molar refractivity (Wildman–Crippen MR) is 137 cm³/mol. The van der Waals surface area contributed by atoms with Gasteiger partial charge in [-0.3, -0.25) is 0 Å². The van der Waals surface area contributed by atoms with Gasteiger partial charge in [-0.1, -0.05) is 42.8 Å². The van der Waals surface area contributed by atoms with E-state index < -0.39 is 24.0 Å². The van der Waals surface area contributed by atoms with E-state index in [0.717, 1.165) is 12.8 Å². The van der Waals surface area contributed by atoms with Gasteiger partial charge in [-0.25, -0.2) is 14.4 Å². The van der Waals surface area contributed by atoms with Gasteiger partial charge in [0.15, 0.2) is 6.10 Å². The Morgan fingerprint density at radius 1 is 0.622 bits per heavy atom. The van der Waals surface area contributed by atoms with Gasteiger partial charge in [-0.2, -0.15) is 0 Å². The van der Waals surface area contributed by atoms with E-state index in [4.69, 9.17) is 18.9 Å². The van der Waals surface area contributed by atoms with Crippen LogP contribution >= 0.6 is 0 Å². The van der Waals surface area contributed by atoms with Crippen LogP contribution in [0.15, 0.2) is 84.9 Å². The first-order valence-corrected chi connectivity index (χ1v) is 12.5. The molecule has 1 aliphatic rings. The van der Waals surface area contributed by atoms with Crippen molar-refractivity contribution in [3.8, 4) is 5.75 Å². The summed E-state index contributed by atoms with van der Waals surface area (Å²) in [5, 5.41) is 0. The van der Waals surface area contributed by atoms with Gasteiger partial charge in [0, 0.05) is 0 Å². The third-order valence-electron chi connectivity index (χ3n) is 6.04. The van der Waals surface area contributed by atoms with E-state index in [-0.39, 0.29) is 19.3 Å². The van der Waals surface area contributed by atoms with Crippen LogP contribution in [0.4, 0.5) is 0 Å². The Morgan fingerprint density at radius 2 is 1.11 bits per heavy atom. The Balaban J connectivity index is 1.34. The number of esters is 3. The molecule has 1 fully saturated rings. The standard InChI is InChI=1S/C30H30O7/c31-28(22-10-4-1-5-11-22)34-20-27(37-30(33)23-12-6-2-7-13-23)21-35-29(32)24-16-18-26(19-17-24)36-25-14-8-3-9-15-25/h1-2,4-7,10-13,16-19,25,27H,3,8-9,14-15,20-21H2. The Bertz CT molecular complexity index is 1150. The molecule has 0 aromatic heterocycles. The third-order valence-corrected chi connectivity index (χ3v) is 6.04. The number of hydrogen-bond acceptors (Lipinski definition) is 7. The molecule has 0 bridgehead atoms. The van der Waals surface area contributed by atoms with Crippen molar-refractivity contribution >= 4 is 17.9 Å². The minimum atomic E-state index is -0.988. The van der Waals surface area contributed by atoms with Crippen LogP contribution < -0.4 is 4.74 Å². The molecule has 0 aliphatic heterocycles. The van der Waals surface area contributed by atoms with Gasteiger partial charge >= 0.3 is 17.9 Å². The van der Waals surface area contributed by atoms with Crippen molar-refractivity contribution < 1.29 is 33.3 Å². The highest BCUT2D eigenvalue weighted by molar-refractivity contribution is 5.91. The highest BCUT2D eigenvalue weighted by Gasteiger charge is 2.22. The first-order chi connectivity index (χ1) is 18.1. The fourth-order valence-electron chi connectivity index (χ4n) is 4.03. The molecule has 7 nitrogen and oxygen atoms in total. The summed E-state index contributed by atoms with van der Waals surface area (Å²) < 4.78 is 22.2. The van der Waals surface area contributed by atoms with Crippen LogP contribution in [0, 0.1) is 0 Å². The molecule has 0 heterocycles. The summed E-state index contributed by atoms with van der Waals surface area (Å²) in [7, 11) is 0. The van der Waals surface area contributed by atoms with Crippen molar-refractivity contribution in [1.82, 2.24) is 0 Å². The molecule has 192 valence electrons. The minimum absolute atomic E-state index is 0.213. The number of benzene rings is 3.